The van der Waals surface area contributed by atoms with Gasteiger partial charge in [0.2, 0.25) is 0 Å². The van der Waals surface area contributed by atoms with Crippen molar-refractivity contribution in [2.24, 2.45) is 0 Å². The highest BCUT2D eigenvalue weighted by Gasteiger charge is 2.06. The lowest BCUT2D eigenvalue weighted by molar-refractivity contribution is -0.121. The molecule has 1 N–H and O–H groups in total. The number of hydrogen-bond acceptors (Lipinski definition) is 4. The Morgan fingerprint density at radius 3 is 2.50 bits per heavy atom. The van der Waals surface area contributed by atoms with Crippen LogP contribution in [0.3, 0.4) is 0 Å². The molecule has 6 heteroatoms. The van der Waals surface area contributed by atoms with Gasteiger partial charge in [0.15, 0.2) is 6.61 Å². The molecule has 0 saturated carbocycles. The number of methoxy groups -OCH3 is 1. The van der Waals surface area contributed by atoms with Gasteiger partial charge in [-0.05, 0) is 77.7 Å². The quantitative estimate of drug-likeness (QED) is 0.550. The van der Waals surface area contributed by atoms with Crippen molar-refractivity contribution < 1.29 is 14.3 Å². The Labute approximate surface area is 165 Å². The molecular weight excluding hydrogens is 414 g/mol. The van der Waals surface area contributed by atoms with Crippen LogP contribution in [0, 0.1) is 6.92 Å². The molecule has 0 aliphatic heterocycles. The second kappa shape index (κ2) is 8.47. The summed E-state index contributed by atoms with van der Waals surface area (Å²) in [6.45, 7) is 1.96. The van der Waals surface area contributed by atoms with Gasteiger partial charge in [-0.15, -0.1) is 0 Å². The molecule has 26 heavy (non-hydrogen) atoms. The Bertz CT molecular complexity index is 925. The minimum atomic E-state index is -0.196. The van der Waals surface area contributed by atoms with E-state index in [-0.39, 0.29) is 12.5 Å². The number of halogens is 1. The van der Waals surface area contributed by atoms with Gasteiger partial charge in [-0.3, -0.25) is 9.52 Å². The summed E-state index contributed by atoms with van der Waals surface area (Å²) < 4.78 is 14.6. The maximum Gasteiger partial charge on any atom is 0.267 e. The zero-order valence-electron chi connectivity index (χ0n) is 14.4. The first kappa shape index (κ1) is 18.6. The lowest BCUT2D eigenvalue weighted by Crippen LogP contribution is -2.23. The van der Waals surface area contributed by atoms with E-state index in [0.717, 1.165) is 31.5 Å². The van der Waals surface area contributed by atoms with Gasteiger partial charge < -0.3 is 9.47 Å². The van der Waals surface area contributed by atoms with Crippen LogP contribution in [0.25, 0.3) is 10.8 Å². The molecule has 0 unspecified atom stereocenters. The van der Waals surface area contributed by atoms with E-state index in [2.05, 4.69) is 20.7 Å². The molecule has 3 aromatic rings. The van der Waals surface area contributed by atoms with Gasteiger partial charge in [-0.1, -0.05) is 28.1 Å². The highest BCUT2D eigenvalue weighted by atomic mass is 79.9. The highest BCUT2D eigenvalue weighted by molar-refractivity contribution is 9.10. The van der Waals surface area contributed by atoms with E-state index in [1.54, 1.807) is 7.11 Å². The summed E-state index contributed by atoms with van der Waals surface area (Å²) in [7, 11) is 1.64. The van der Waals surface area contributed by atoms with E-state index in [4.69, 9.17) is 9.47 Å². The van der Waals surface area contributed by atoms with Crippen LogP contribution in [-0.4, -0.2) is 19.6 Å². The molecule has 0 aliphatic carbocycles. The molecule has 0 bridgehead atoms. The van der Waals surface area contributed by atoms with Gasteiger partial charge >= 0.3 is 0 Å². The normalized spacial score (nSPS) is 10.6. The van der Waals surface area contributed by atoms with Crippen molar-refractivity contribution in [3.63, 3.8) is 0 Å². The summed E-state index contributed by atoms with van der Waals surface area (Å²) in [5.74, 6) is 1.23. The zero-order valence-corrected chi connectivity index (χ0v) is 16.8. The van der Waals surface area contributed by atoms with Crippen molar-refractivity contribution in [3.8, 4) is 11.5 Å². The van der Waals surface area contributed by atoms with E-state index in [1.165, 1.54) is 11.9 Å². The van der Waals surface area contributed by atoms with Gasteiger partial charge in [0.05, 0.1) is 7.11 Å². The molecule has 4 nitrogen and oxygen atoms in total. The molecule has 3 rings (SSSR count). The maximum absolute atomic E-state index is 12.0. The van der Waals surface area contributed by atoms with Crippen molar-refractivity contribution in [2.45, 2.75) is 11.8 Å². The molecule has 0 aromatic heterocycles. The number of carbonyl (C=O) groups is 1. The lowest BCUT2D eigenvalue weighted by Gasteiger charge is -2.09. The molecule has 0 spiro atoms. The first-order valence-electron chi connectivity index (χ1n) is 7.97. The number of ether oxygens (including phenoxy) is 2. The van der Waals surface area contributed by atoms with Gasteiger partial charge in [-0.2, -0.15) is 0 Å². The monoisotopic (exact) mass is 431 g/mol. The Balaban J connectivity index is 1.57. The van der Waals surface area contributed by atoms with Crippen LogP contribution in [0.4, 0.5) is 0 Å². The number of nitrogens with one attached hydrogen (secondary N) is 1. The van der Waals surface area contributed by atoms with Crippen LogP contribution in [-0.2, 0) is 4.79 Å². The zero-order chi connectivity index (χ0) is 18.5. The Morgan fingerprint density at radius 2 is 1.77 bits per heavy atom. The Kier molecular flexibility index (Phi) is 6.06. The summed E-state index contributed by atoms with van der Waals surface area (Å²) in [5.41, 5.74) is 1.12. The van der Waals surface area contributed by atoms with E-state index >= 15 is 0 Å². The van der Waals surface area contributed by atoms with Crippen molar-refractivity contribution in [3.05, 3.63) is 64.6 Å². The second-order valence-corrected chi connectivity index (χ2v) is 7.55. The molecule has 134 valence electrons. The highest BCUT2D eigenvalue weighted by Crippen LogP contribution is 2.25. The average Bonchev–Trinajstić information content (AvgIpc) is 2.63. The van der Waals surface area contributed by atoms with Gasteiger partial charge in [-0.25, -0.2) is 0 Å². The van der Waals surface area contributed by atoms with Crippen LogP contribution < -0.4 is 14.2 Å². The third-order valence-electron chi connectivity index (χ3n) is 3.69. The first-order chi connectivity index (χ1) is 12.5. The number of amides is 1. The van der Waals surface area contributed by atoms with Crippen LogP contribution in [0.1, 0.15) is 5.56 Å². The topological polar surface area (TPSA) is 47.6 Å². The summed E-state index contributed by atoms with van der Waals surface area (Å²) in [6.07, 6.45) is 0. The molecule has 0 atom stereocenters. The largest absolute Gasteiger partial charge is 0.497 e. The number of carbonyl (C=O) groups excluding carboxylic acids is 1. The van der Waals surface area contributed by atoms with E-state index in [0.29, 0.717) is 5.75 Å². The fourth-order valence-electron chi connectivity index (χ4n) is 2.48. The molecule has 0 heterocycles. The molecule has 1 amide bonds. The molecular formula is C20H18BrNO3S. The fourth-order valence-corrected chi connectivity index (χ4v) is 3.96. The Morgan fingerprint density at radius 1 is 1.04 bits per heavy atom. The predicted molar refractivity (Wildman–Crippen MR) is 109 cm³/mol. The van der Waals surface area contributed by atoms with Crippen molar-refractivity contribution in [2.75, 3.05) is 13.7 Å². The molecule has 0 saturated heterocycles. The number of rotatable bonds is 6. The third-order valence-corrected chi connectivity index (χ3v) is 4.95. The van der Waals surface area contributed by atoms with Gasteiger partial charge in [0, 0.05) is 9.37 Å². The summed E-state index contributed by atoms with van der Waals surface area (Å²) in [5, 5.41) is 2.09. The second-order valence-electron chi connectivity index (χ2n) is 5.76. The number of benzene rings is 3. The predicted octanol–water partition coefficient (Wildman–Crippen LogP) is 5.12. The maximum atomic E-state index is 12.0. The van der Waals surface area contributed by atoms with Crippen LogP contribution in [0.15, 0.2) is 64.0 Å². The molecule has 0 fully saturated rings. The van der Waals surface area contributed by atoms with Gasteiger partial charge in [0.1, 0.15) is 11.5 Å². The lowest BCUT2D eigenvalue weighted by atomic mass is 10.1. The number of aryl methyl sites for hydroxylation is 1. The summed E-state index contributed by atoms with van der Waals surface area (Å²) >= 11 is 4.73. The SMILES string of the molecule is COc1ccc2ccc(OCC(=O)NSc3cc(C)cc(Br)c3)cc2c1. The summed E-state index contributed by atoms with van der Waals surface area (Å²) in [4.78, 5) is 13.0. The fraction of sp³-hybridized carbons (Fsp3) is 0.150. The van der Waals surface area contributed by atoms with Crippen molar-refractivity contribution in [1.29, 1.82) is 0 Å². The minimum Gasteiger partial charge on any atom is -0.497 e. The molecule has 0 aliphatic rings. The Hall–Kier alpha value is -2.18. The van der Waals surface area contributed by atoms with E-state index in [1.807, 2.05) is 61.5 Å². The number of hydrogen-bond donors (Lipinski definition) is 1. The van der Waals surface area contributed by atoms with E-state index < -0.39 is 0 Å². The van der Waals surface area contributed by atoms with E-state index in [9.17, 15) is 4.79 Å². The molecule has 3 aromatic carbocycles. The average molecular weight is 432 g/mol. The number of fused-ring (bicyclic) bond motifs is 1. The van der Waals surface area contributed by atoms with Crippen molar-refractivity contribution >= 4 is 44.6 Å². The van der Waals surface area contributed by atoms with Crippen LogP contribution in [0.5, 0.6) is 11.5 Å². The summed E-state index contributed by atoms with van der Waals surface area (Å²) in [6, 6.07) is 17.5. The third kappa shape index (κ3) is 4.93. The van der Waals surface area contributed by atoms with Crippen LogP contribution >= 0.6 is 27.9 Å². The van der Waals surface area contributed by atoms with Crippen molar-refractivity contribution in [1.82, 2.24) is 4.72 Å². The first-order valence-corrected chi connectivity index (χ1v) is 9.58. The van der Waals surface area contributed by atoms with Crippen LogP contribution in [0.2, 0.25) is 0 Å². The van der Waals surface area contributed by atoms with Gasteiger partial charge in [0.25, 0.3) is 5.91 Å². The standard InChI is InChI=1S/C20H18BrNO3S/c1-13-7-16(21)11-19(8-13)26-22-20(23)12-25-18-6-4-14-3-5-17(24-2)9-15(14)10-18/h3-11H,12H2,1-2H3,(H,22,23). The smallest absolute Gasteiger partial charge is 0.267 e. The molecule has 0 radical (unpaired) electrons. The minimum absolute atomic E-state index is 0.0462.